The third kappa shape index (κ3) is 16.7. The first-order chi connectivity index (χ1) is 20.9. The minimum atomic E-state index is -4.58. The van der Waals surface area contributed by atoms with Crippen molar-refractivity contribution in [3.05, 3.63) is 98.4 Å². The number of aryl methyl sites for hydroxylation is 2. The molecule has 0 aliphatic rings. The van der Waals surface area contributed by atoms with Crippen molar-refractivity contribution in [2.24, 2.45) is 0 Å². The van der Waals surface area contributed by atoms with Gasteiger partial charge in [0.05, 0.1) is 33.9 Å². The van der Waals surface area contributed by atoms with Crippen LogP contribution in [0.5, 0.6) is 11.5 Å². The molecule has 0 amide bonds. The third-order valence-corrected chi connectivity index (χ3v) is 8.00. The SMILES string of the molecule is O.O.O.O.O.O.O.O.O=S(=O)([O-])c1ccc([O-])c2ncccc12.O=S(=O)([O-])c1ccc([O-])c2ncccc12.[Cu+2].c1c[n+](CCCC[n+]2cc[nH]c2)c[nH]1. The van der Waals surface area contributed by atoms with Crippen LogP contribution in [0.1, 0.15) is 12.8 Å². The molecule has 4 aromatic heterocycles. The van der Waals surface area contributed by atoms with Gasteiger partial charge in [-0.05, 0) is 37.1 Å². The fourth-order valence-corrected chi connectivity index (χ4v) is 5.52. The maximum Gasteiger partial charge on any atom is 2.00 e. The van der Waals surface area contributed by atoms with Crippen LogP contribution >= 0.6 is 0 Å². The largest absolute Gasteiger partial charge is 2.00 e. The summed E-state index contributed by atoms with van der Waals surface area (Å²) in [5.41, 5.74) is -0.0103. The normalized spacial score (nSPS) is 9.47. The third-order valence-electron chi connectivity index (χ3n) is 6.21. The molecule has 1 radical (unpaired) electrons. The van der Waals surface area contributed by atoms with E-state index in [1.54, 1.807) is 0 Å². The monoisotopic (exact) mass is 845 g/mol. The fourth-order valence-electron chi connectivity index (χ4n) is 4.19. The van der Waals surface area contributed by atoms with Crippen molar-refractivity contribution in [1.29, 1.82) is 0 Å². The van der Waals surface area contributed by atoms with Crippen LogP contribution in [0.4, 0.5) is 0 Å². The Hall–Kier alpha value is -4.70. The number of rotatable bonds is 7. The summed E-state index contributed by atoms with van der Waals surface area (Å²) in [5.74, 6) is -0.809. The number of nitrogens with zero attached hydrogens (tertiary/aromatic N) is 4. The van der Waals surface area contributed by atoms with Gasteiger partial charge in [0.1, 0.15) is 45.0 Å². The Balaban J connectivity index is -0.000000144. The molecule has 0 aliphatic carbocycles. The maximum atomic E-state index is 11.3. The molecular weight excluding hydrogens is 804 g/mol. The molecule has 4 heterocycles. The Morgan fingerprint density at radius 1 is 0.566 bits per heavy atom. The predicted molar refractivity (Wildman–Crippen MR) is 178 cm³/mol. The minimum Gasteiger partial charge on any atom is -0.871 e. The number of unbranched alkanes of at least 4 members (excludes halogenated alkanes) is 1. The van der Waals surface area contributed by atoms with E-state index in [4.69, 9.17) is 0 Å². The van der Waals surface area contributed by atoms with Crippen molar-refractivity contribution < 1.29 is 106 Å². The van der Waals surface area contributed by atoms with Gasteiger partial charge < -0.3 is 63.1 Å². The molecule has 0 spiro atoms. The number of hydrogen-bond donors (Lipinski definition) is 2. The Kier molecular flexibility index (Phi) is 30.7. The minimum absolute atomic E-state index is 0. The van der Waals surface area contributed by atoms with Crippen molar-refractivity contribution in [2.75, 3.05) is 0 Å². The number of hydrogen-bond acceptors (Lipinski definition) is 10. The molecule has 0 unspecified atom stereocenters. The van der Waals surface area contributed by atoms with E-state index in [1.165, 1.54) is 49.5 Å². The maximum absolute atomic E-state index is 11.3. The Labute approximate surface area is 312 Å². The van der Waals surface area contributed by atoms with Crippen LogP contribution in [0, 0.1) is 0 Å². The second-order valence-electron chi connectivity index (χ2n) is 9.24. The quantitative estimate of drug-likeness (QED) is 0.0663. The van der Waals surface area contributed by atoms with Gasteiger partial charge in [0.2, 0.25) is 12.7 Å². The van der Waals surface area contributed by atoms with Gasteiger partial charge in [-0.2, -0.15) is 0 Å². The van der Waals surface area contributed by atoms with Crippen LogP contribution in [-0.2, 0) is 50.4 Å². The number of nitrogens with one attached hydrogen (secondary N) is 2. The molecule has 18 N–H and O–H groups in total. The zero-order chi connectivity index (χ0) is 31.7. The molecule has 0 fully saturated rings. The molecule has 0 saturated carbocycles. The van der Waals surface area contributed by atoms with Crippen molar-refractivity contribution in [1.82, 2.24) is 19.9 Å². The number of benzene rings is 2. The van der Waals surface area contributed by atoms with Crippen molar-refractivity contribution in [3.63, 3.8) is 0 Å². The summed E-state index contributed by atoms with van der Waals surface area (Å²) >= 11 is 0. The molecule has 0 aliphatic heterocycles. The molecule has 22 nitrogen and oxygen atoms in total. The molecule has 2 aromatic carbocycles. The van der Waals surface area contributed by atoms with Crippen LogP contribution in [0.15, 0.2) is 108 Å². The summed E-state index contributed by atoms with van der Waals surface area (Å²) in [4.78, 5) is 12.7. The standard InChI is InChI=1S/C10H14N4.2C9H7NO4S.Cu.8H2O/c1(5-13-7-3-11-9-13)2-6-14-8-4-12-10-14;2*11-7-3-4-8(15(12,13)14)6-2-1-5-10-9(6)7;;;;;;;;;/h3-4,7-10H,1-2,5-6H2;2*1-5,11H,(H,12,13,14);;8*1H2/q;;;+2;;;;;;;;/p-2. The first kappa shape index (κ1) is 60.4. The summed E-state index contributed by atoms with van der Waals surface area (Å²) in [6.45, 7) is 2.18. The van der Waals surface area contributed by atoms with E-state index in [9.17, 15) is 36.2 Å². The number of H-pyrrole nitrogens is 2. The second-order valence-corrected chi connectivity index (χ2v) is 11.9. The molecular formula is C28H42CuN6O16S2. The van der Waals surface area contributed by atoms with E-state index in [2.05, 4.69) is 41.5 Å². The average Bonchev–Trinajstić information content (AvgIpc) is 3.70. The summed E-state index contributed by atoms with van der Waals surface area (Å²) in [7, 11) is -9.15. The van der Waals surface area contributed by atoms with E-state index < -0.39 is 41.5 Å². The summed E-state index contributed by atoms with van der Waals surface area (Å²) in [5, 5.41) is 22.7. The second kappa shape index (κ2) is 27.0. The van der Waals surface area contributed by atoms with Gasteiger partial charge >= 0.3 is 17.1 Å². The number of aromatic amines is 2. The van der Waals surface area contributed by atoms with Crippen LogP contribution in [0.3, 0.4) is 0 Å². The predicted octanol–water partition coefficient (Wildman–Crippen LogP) is -5.78. The topological polar surface area (TPSA) is 478 Å². The van der Waals surface area contributed by atoms with Crippen molar-refractivity contribution in [2.45, 2.75) is 35.7 Å². The molecule has 0 bridgehead atoms. The van der Waals surface area contributed by atoms with Gasteiger partial charge in [0.15, 0.2) is 0 Å². The first-order valence-electron chi connectivity index (χ1n) is 13.0. The molecule has 303 valence electrons. The number of imidazole rings is 2. The van der Waals surface area contributed by atoms with Gasteiger partial charge in [-0.3, -0.25) is 19.9 Å². The Bertz CT molecular complexity index is 1930. The molecule has 0 saturated heterocycles. The van der Waals surface area contributed by atoms with E-state index in [-0.39, 0.29) is 82.7 Å². The van der Waals surface area contributed by atoms with Crippen molar-refractivity contribution in [3.8, 4) is 11.5 Å². The van der Waals surface area contributed by atoms with E-state index in [0.29, 0.717) is 0 Å². The van der Waals surface area contributed by atoms with Crippen LogP contribution in [-0.4, -0.2) is 89.7 Å². The van der Waals surface area contributed by atoms with E-state index in [0.717, 1.165) is 37.4 Å². The molecule has 25 heteroatoms. The molecule has 53 heavy (non-hydrogen) atoms. The van der Waals surface area contributed by atoms with E-state index >= 15 is 0 Å². The molecule has 6 aromatic rings. The first-order valence-corrected chi connectivity index (χ1v) is 15.8. The van der Waals surface area contributed by atoms with Gasteiger partial charge in [-0.15, -0.1) is 0 Å². The van der Waals surface area contributed by atoms with Crippen molar-refractivity contribution >= 4 is 42.0 Å². The zero-order valence-electron chi connectivity index (χ0n) is 27.2. The Morgan fingerprint density at radius 3 is 1.19 bits per heavy atom. The number of pyridine rings is 2. The Morgan fingerprint density at radius 2 is 0.906 bits per heavy atom. The summed E-state index contributed by atoms with van der Waals surface area (Å²) < 4.78 is 69.6. The van der Waals surface area contributed by atoms with Gasteiger partial charge in [0.25, 0.3) is 0 Å². The van der Waals surface area contributed by atoms with Crippen LogP contribution in [0.2, 0.25) is 0 Å². The van der Waals surface area contributed by atoms with Crippen LogP contribution < -0.4 is 19.3 Å². The molecule has 0 atom stereocenters. The fraction of sp³-hybridized carbons (Fsp3) is 0.143. The van der Waals surface area contributed by atoms with E-state index in [1.807, 2.05) is 25.0 Å². The smallest absolute Gasteiger partial charge is 0.871 e. The zero-order valence-corrected chi connectivity index (χ0v) is 29.8. The molecule has 6 rings (SSSR count). The van der Waals surface area contributed by atoms with Gasteiger partial charge in [-0.1, -0.05) is 35.8 Å². The summed E-state index contributed by atoms with van der Waals surface area (Å²) in [6, 6.07) is 9.78. The summed E-state index contributed by atoms with van der Waals surface area (Å²) in [6.07, 6.45) is 17.1. The number of fused-ring (bicyclic) bond motifs is 2. The van der Waals surface area contributed by atoms with Gasteiger partial charge in [-0.25, -0.2) is 26.0 Å². The van der Waals surface area contributed by atoms with Gasteiger partial charge in [0, 0.05) is 23.2 Å². The number of aromatic nitrogens is 6. The van der Waals surface area contributed by atoms with Crippen LogP contribution in [0.25, 0.3) is 21.8 Å². The average molecular weight is 846 g/mol.